The Bertz CT molecular complexity index is 400. The summed E-state index contributed by atoms with van der Waals surface area (Å²) >= 11 is 0. The van der Waals surface area contributed by atoms with Crippen LogP contribution in [0, 0.1) is 12.8 Å². The van der Waals surface area contributed by atoms with Gasteiger partial charge >= 0.3 is 0 Å². The number of likely N-dealkylation sites (N-methyl/N-ethyl adjacent to an activating group) is 1. The highest BCUT2D eigenvalue weighted by Gasteiger charge is 2.24. The van der Waals surface area contributed by atoms with Crippen molar-refractivity contribution in [3.05, 3.63) is 29.3 Å². The van der Waals surface area contributed by atoms with Crippen LogP contribution in [0.5, 0.6) is 5.75 Å². The Balaban J connectivity index is 2.10. The van der Waals surface area contributed by atoms with E-state index in [1.165, 1.54) is 24.0 Å². The minimum Gasteiger partial charge on any atom is -0.496 e. The molecule has 0 bridgehead atoms. The van der Waals surface area contributed by atoms with Crippen molar-refractivity contribution >= 4 is 0 Å². The van der Waals surface area contributed by atoms with Crippen molar-refractivity contribution in [2.45, 2.75) is 32.2 Å². The topological polar surface area (TPSA) is 30.5 Å². The fourth-order valence-corrected chi connectivity index (χ4v) is 2.89. The fourth-order valence-electron chi connectivity index (χ4n) is 2.89. The molecule has 3 heteroatoms. The molecule has 1 fully saturated rings. The molecule has 1 N–H and O–H groups in total. The van der Waals surface area contributed by atoms with E-state index in [0.29, 0.717) is 12.0 Å². The second-order valence-corrected chi connectivity index (χ2v) is 5.39. The summed E-state index contributed by atoms with van der Waals surface area (Å²) in [6.07, 6.45) is 3.42. The first kappa shape index (κ1) is 14.4. The summed E-state index contributed by atoms with van der Waals surface area (Å²) in [5.41, 5.74) is 2.57. The van der Waals surface area contributed by atoms with Gasteiger partial charge in [0.1, 0.15) is 5.75 Å². The largest absolute Gasteiger partial charge is 0.496 e. The van der Waals surface area contributed by atoms with Crippen molar-refractivity contribution in [2.24, 2.45) is 5.92 Å². The number of hydrogen-bond donors (Lipinski definition) is 1. The third-order valence-corrected chi connectivity index (χ3v) is 4.01. The molecule has 0 aromatic heterocycles. The molecule has 1 saturated heterocycles. The van der Waals surface area contributed by atoms with Crippen molar-refractivity contribution in [2.75, 3.05) is 27.4 Å². The molecule has 0 spiro atoms. The molecule has 0 amide bonds. The first-order valence-electron chi connectivity index (χ1n) is 7.13. The predicted octanol–water partition coefficient (Wildman–Crippen LogP) is 2.56. The van der Waals surface area contributed by atoms with E-state index in [-0.39, 0.29) is 0 Å². The highest BCUT2D eigenvalue weighted by Crippen LogP contribution is 2.25. The molecular weight excluding hydrogens is 238 g/mol. The van der Waals surface area contributed by atoms with Crippen molar-refractivity contribution in [3.63, 3.8) is 0 Å². The van der Waals surface area contributed by atoms with Crippen LogP contribution in [0.1, 0.15) is 24.0 Å². The van der Waals surface area contributed by atoms with Gasteiger partial charge in [-0.1, -0.05) is 17.7 Å². The quantitative estimate of drug-likeness (QED) is 0.885. The lowest BCUT2D eigenvalue weighted by atomic mass is 9.89. The molecule has 106 valence electrons. The van der Waals surface area contributed by atoms with E-state index in [2.05, 4.69) is 30.4 Å². The van der Waals surface area contributed by atoms with Crippen LogP contribution in [-0.4, -0.2) is 33.4 Å². The summed E-state index contributed by atoms with van der Waals surface area (Å²) in [6.45, 7) is 3.92. The van der Waals surface area contributed by atoms with E-state index in [9.17, 15) is 0 Å². The van der Waals surface area contributed by atoms with Crippen LogP contribution in [0.2, 0.25) is 0 Å². The maximum Gasteiger partial charge on any atom is 0.122 e. The first-order valence-corrected chi connectivity index (χ1v) is 7.13. The lowest BCUT2D eigenvalue weighted by molar-refractivity contribution is 0.0404. The highest BCUT2D eigenvalue weighted by atomic mass is 16.5. The second-order valence-electron chi connectivity index (χ2n) is 5.39. The third kappa shape index (κ3) is 3.71. The average molecular weight is 263 g/mol. The van der Waals surface area contributed by atoms with Crippen molar-refractivity contribution in [1.29, 1.82) is 0 Å². The molecule has 19 heavy (non-hydrogen) atoms. The standard InChI is InChI=1S/C16H25NO2/c1-12-6-7-16(18-3)14(9-12)10-15(17-2)13-5-4-8-19-11-13/h6-7,9,13,15,17H,4-5,8,10-11H2,1-3H3. The van der Waals surface area contributed by atoms with E-state index >= 15 is 0 Å². The Hall–Kier alpha value is -1.06. The van der Waals surface area contributed by atoms with Crippen molar-refractivity contribution in [3.8, 4) is 5.75 Å². The third-order valence-electron chi connectivity index (χ3n) is 4.01. The summed E-state index contributed by atoms with van der Waals surface area (Å²) in [6, 6.07) is 6.85. The molecule has 0 radical (unpaired) electrons. The Labute approximate surface area is 116 Å². The zero-order valence-electron chi connectivity index (χ0n) is 12.2. The highest BCUT2D eigenvalue weighted by molar-refractivity contribution is 5.37. The number of benzene rings is 1. The lowest BCUT2D eigenvalue weighted by Crippen LogP contribution is -2.39. The normalized spacial score (nSPS) is 21.1. The monoisotopic (exact) mass is 263 g/mol. The van der Waals surface area contributed by atoms with Crippen LogP contribution in [-0.2, 0) is 11.2 Å². The predicted molar refractivity (Wildman–Crippen MR) is 77.8 cm³/mol. The van der Waals surface area contributed by atoms with Gasteiger partial charge in [-0.2, -0.15) is 0 Å². The van der Waals surface area contributed by atoms with Crippen LogP contribution in [0.3, 0.4) is 0 Å². The van der Waals surface area contributed by atoms with Gasteiger partial charge < -0.3 is 14.8 Å². The smallest absolute Gasteiger partial charge is 0.122 e. The maximum absolute atomic E-state index is 5.61. The van der Waals surface area contributed by atoms with Crippen LogP contribution < -0.4 is 10.1 Å². The van der Waals surface area contributed by atoms with Crippen LogP contribution in [0.25, 0.3) is 0 Å². The van der Waals surface area contributed by atoms with Crippen molar-refractivity contribution in [1.82, 2.24) is 5.32 Å². The molecule has 2 atom stereocenters. The summed E-state index contributed by atoms with van der Waals surface area (Å²) in [5.74, 6) is 1.59. The van der Waals surface area contributed by atoms with Crippen molar-refractivity contribution < 1.29 is 9.47 Å². The van der Waals surface area contributed by atoms with Gasteiger partial charge in [0.05, 0.1) is 13.7 Å². The van der Waals surface area contributed by atoms with E-state index in [4.69, 9.17) is 9.47 Å². The molecule has 0 saturated carbocycles. The molecule has 2 rings (SSSR count). The average Bonchev–Trinajstić information content (AvgIpc) is 2.46. The molecule has 1 aromatic rings. The number of aryl methyl sites for hydroxylation is 1. The van der Waals surface area contributed by atoms with E-state index in [1.54, 1.807) is 7.11 Å². The minimum absolute atomic E-state index is 0.455. The number of hydrogen-bond acceptors (Lipinski definition) is 3. The maximum atomic E-state index is 5.61. The summed E-state index contributed by atoms with van der Waals surface area (Å²) in [4.78, 5) is 0. The van der Waals surface area contributed by atoms with Gasteiger partial charge in [0, 0.05) is 12.6 Å². The number of ether oxygens (including phenoxy) is 2. The van der Waals surface area contributed by atoms with Crippen LogP contribution in [0.15, 0.2) is 18.2 Å². The molecular formula is C16H25NO2. The molecule has 1 aliphatic heterocycles. The summed E-state index contributed by atoms with van der Waals surface area (Å²) < 4.78 is 11.1. The van der Waals surface area contributed by atoms with Gasteiger partial charge in [-0.3, -0.25) is 0 Å². The Morgan fingerprint density at radius 3 is 2.95 bits per heavy atom. The molecule has 3 nitrogen and oxygen atoms in total. The second kappa shape index (κ2) is 6.92. The molecule has 1 aliphatic rings. The van der Waals surface area contributed by atoms with E-state index < -0.39 is 0 Å². The first-order chi connectivity index (χ1) is 9.24. The zero-order valence-corrected chi connectivity index (χ0v) is 12.2. The van der Waals surface area contributed by atoms with Crippen LogP contribution >= 0.6 is 0 Å². The Morgan fingerprint density at radius 2 is 2.32 bits per heavy atom. The van der Waals surface area contributed by atoms with Crippen LogP contribution in [0.4, 0.5) is 0 Å². The van der Waals surface area contributed by atoms with Gasteiger partial charge in [0.15, 0.2) is 0 Å². The molecule has 1 heterocycles. The number of nitrogens with one attached hydrogen (secondary N) is 1. The zero-order chi connectivity index (χ0) is 13.7. The SMILES string of the molecule is CNC(Cc1cc(C)ccc1OC)C1CCCOC1. The number of methoxy groups -OCH3 is 1. The number of rotatable bonds is 5. The Morgan fingerprint density at radius 1 is 1.47 bits per heavy atom. The summed E-state index contributed by atoms with van der Waals surface area (Å²) in [5, 5.41) is 3.46. The molecule has 2 unspecified atom stereocenters. The minimum atomic E-state index is 0.455. The fraction of sp³-hybridized carbons (Fsp3) is 0.625. The Kier molecular flexibility index (Phi) is 5.23. The summed E-state index contributed by atoms with van der Waals surface area (Å²) in [7, 11) is 3.79. The van der Waals surface area contributed by atoms with Gasteiger partial charge in [-0.25, -0.2) is 0 Å². The lowest BCUT2D eigenvalue weighted by Gasteiger charge is -2.30. The van der Waals surface area contributed by atoms with E-state index in [0.717, 1.165) is 25.4 Å². The van der Waals surface area contributed by atoms with Gasteiger partial charge in [-0.15, -0.1) is 0 Å². The molecule has 1 aromatic carbocycles. The van der Waals surface area contributed by atoms with Gasteiger partial charge in [0.2, 0.25) is 0 Å². The van der Waals surface area contributed by atoms with E-state index in [1.807, 2.05) is 7.05 Å². The molecule has 0 aliphatic carbocycles. The van der Waals surface area contributed by atoms with Gasteiger partial charge in [0.25, 0.3) is 0 Å². The van der Waals surface area contributed by atoms with Gasteiger partial charge in [-0.05, 0) is 50.8 Å².